The molecular weight excluding hydrogens is 328 g/mol. The Bertz CT molecular complexity index is 775. The van der Waals surface area contributed by atoms with Crippen molar-refractivity contribution < 1.29 is 25.2 Å². The van der Waals surface area contributed by atoms with Gasteiger partial charge in [-0.1, -0.05) is 24.3 Å². The van der Waals surface area contributed by atoms with E-state index in [1.165, 1.54) is 24.3 Å². The van der Waals surface area contributed by atoms with E-state index in [1.54, 1.807) is 24.3 Å². The van der Waals surface area contributed by atoms with E-state index >= 15 is 0 Å². The van der Waals surface area contributed by atoms with Gasteiger partial charge in [-0.15, -0.1) is 0 Å². The Hall–Kier alpha value is -1.74. The van der Waals surface area contributed by atoms with E-state index in [1.807, 2.05) is 0 Å². The van der Waals surface area contributed by atoms with Gasteiger partial charge in [-0.05, 0) is 35.4 Å². The lowest BCUT2D eigenvalue weighted by atomic mass is 10.1. The largest absolute Gasteiger partial charge is 0.296 e. The van der Waals surface area contributed by atoms with E-state index in [0.29, 0.717) is 0 Å². The highest BCUT2D eigenvalue weighted by molar-refractivity contribution is 7.87. The van der Waals surface area contributed by atoms with Gasteiger partial charge in [0.05, 0.1) is 24.0 Å². The van der Waals surface area contributed by atoms with Crippen molar-refractivity contribution in [3.63, 3.8) is 0 Å². The fourth-order valence-electron chi connectivity index (χ4n) is 1.82. The van der Waals surface area contributed by atoms with Crippen molar-refractivity contribution in [3.05, 3.63) is 48.5 Å². The van der Waals surface area contributed by atoms with Crippen LogP contribution in [0.1, 0.15) is 0 Å². The van der Waals surface area contributed by atoms with Gasteiger partial charge in [0, 0.05) is 0 Å². The van der Waals surface area contributed by atoms with Crippen molar-refractivity contribution in [2.75, 3.05) is 14.2 Å². The zero-order valence-corrected chi connectivity index (χ0v) is 13.5. The summed E-state index contributed by atoms with van der Waals surface area (Å²) in [5, 5.41) is 0. The summed E-state index contributed by atoms with van der Waals surface area (Å²) in [5.41, 5.74) is 1.49. The van der Waals surface area contributed by atoms with Crippen LogP contribution in [0.4, 0.5) is 0 Å². The van der Waals surface area contributed by atoms with Crippen LogP contribution in [0.3, 0.4) is 0 Å². The monoisotopic (exact) mass is 342 g/mol. The summed E-state index contributed by atoms with van der Waals surface area (Å²) in [6, 6.07) is 12.2. The molecule has 0 fully saturated rings. The highest BCUT2D eigenvalue weighted by Gasteiger charge is 2.14. The van der Waals surface area contributed by atoms with E-state index < -0.39 is 20.2 Å². The van der Waals surface area contributed by atoms with Gasteiger partial charge in [0.15, 0.2) is 0 Å². The highest BCUT2D eigenvalue weighted by Crippen LogP contribution is 2.23. The molecule has 0 aliphatic rings. The van der Waals surface area contributed by atoms with Gasteiger partial charge in [-0.3, -0.25) is 8.37 Å². The van der Waals surface area contributed by atoms with Gasteiger partial charge >= 0.3 is 0 Å². The molecule has 0 atom stereocenters. The first-order valence-electron chi connectivity index (χ1n) is 6.12. The van der Waals surface area contributed by atoms with Crippen LogP contribution in [-0.4, -0.2) is 31.1 Å². The lowest BCUT2D eigenvalue weighted by Gasteiger charge is -2.06. The molecule has 0 aliphatic carbocycles. The normalized spacial score (nSPS) is 12.3. The molecule has 0 aromatic heterocycles. The van der Waals surface area contributed by atoms with Crippen LogP contribution in [0.5, 0.6) is 0 Å². The maximum atomic E-state index is 11.5. The minimum Gasteiger partial charge on any atom is -0.270 e. The predicted molar refractivity (Wildman–Crippen MR) is 80.3 cm³/mol. The molecule has 0 N–H and O–H groups in total. The highest BCUT2D eigenvalue weighted by atomic mass is 32.2. The Morgan fingerprint density at radius 2 is 0.864 bits per heavy atom. The van der Waals surface area contributed by atoms with Gasteiger partial charge < -0.3 is 0 Å². The van der Waals surface area contributed by atoms with Crippen molar-refractivity contribution in [2.24, 2.45) is 0 Å². The van der Waals surface area contributed by atoms with Crippen molar-refractivity contribution in [3.8, 4) is 11.1 Å². The molecule has 0 unspecified atom stereocenters. The van der Waals surface area contributed by atoms with Crippen LogP contribution < -0.4 is 0 Å². The minimum atomic E-state index is -3.72. The van der Waals surface area contributed by atoms with Crippen molar-refractivity contribution in [1.29, 1.82) is 0 Å². The summed E-state index contributed by atoms with van der Waals surface area (Å²) < 4.78 is 55.0. The van der Waals surface area contributed by atoms with Crippen LogP contribution in [0, 0.1) is 0 Å². The smallest absolute Gasteiger partial charge is 0.270 e. The molecule has 0 heterocycles. The van der Waals surface area contributed by atoms with Crippen molar-refractivity contribution in [1.82, 2.24) is 0 Å². The maximum Gasteiger partial charge on any atom is 0.296 e. The zero-order valence-electron chi connectivity index (χ0n) is 11.9. The number of rotatable bonds is 5. The molecule has 6 nitrogen and oxygen atoms in total. The standard InChI is InChI=1S/C14H14O6S2/c1-19-21(15,16)13-7-3-11(4-8-13)12-5-9-14(10-6-12)22(17,18)20-2/h3-10H,1-2H3. The molecule has 8 heteroatoms. The molecule has 2 aromatic rings. The fraction of sp³-hybridized carbons (Fsp3) is 0.143. The Labute approximate surface area is 129 Å². The Kier molecular flexibility index (Phi) is 4.66. The van der Waals surface area contributed by atoms with Crippen LogP contribution >= 0.6 is 0 Å². The molecule has 0 saturated carbocycles. The number of hydrogen-bond acceptors (Lipinski definition) is 6. The molecular formula is C14H14O6S2. The summed E-state index contributed by atoms with van der Waals surface area (Å²) >= 11 is 0. The third kappa shape index (κ3) is 3.36. The van der Waals surface area contributed by atoms with Crippen LogP contribution in [0.15, 0.2) is 58.3 Å². The van der Waals surface area contributed by atoms with Crippen LogP contribution in [0.2, 0.25) is 0 Å². The maximum absolute atomic E-state index is 11.5. The van der Waals surface area contributed by atoms with Gasteiger partial charge in [0.2, 0.25) is 0 Å². The average molecular weight is 342 g/mol. The Balaban J connectivity index is 2.34. The second-order valence-electron chi connectivity index (χ2n) is 4.29. The lowest BCUT2D eigenvalue weighted by molar-refractivity contribution is 0.396. The second-order valence-corrected chi connectivity index (χ2v) is 7.72. The molecule has 2 rings (SSSR count). The third-order valence-electron chi connectivity index (χ3n) is 3.06. The van der Waals surface area contributed by atoms with Crippen molar-refractivity contribution >= 4 is 20.2 Å². The van der Waals surface area contributed by atoms with E-state index in [9.17, 15) is 16.8 Å². The molecule has 0 aliphatic heterocycles. The average Bonchev–Trinajstić information content (AvgIpc) is 2.55. The van der Waals surface area contributed by atoms with E-state index in [4.69, 9.17) is 0 Å². The van der Waals surface area contributed by atoms with E-state index in [-0.39, 0.29) is 9.79 Å². The number of benzene rings is 2. The summed E-state index contributed by atoms with van der Waals surface area (Å²) in [5.74, 6) is 0. The van der Waals surface area contributed by atoms with Crippen molar-refractivity contribution in [2.45, 2.75) is 9.79 Å². The molecule has 0 spiro atoms. The molecule has 118 valence electrons. The molecule has 0 saturated heterocycles. The van der Waals surface area contributed by atoms with Crippen LogP contribution in [-0.2, 0) is 28.6 Å². The molecule has 0 amide bonds. The quantitative estimate of drug-likeness (QED) is 0.773. The summed E-state index contributed by atoms with van der Waals surface area (Å²) in [4.78, 5) is 0.106. The minimum absolute atomic E-state index is 0.0531. The first-order valence-corrected chi connectivity index (χ1v) is 8.93. The van der Waals surface area contributed by atoms with E-state index in [2.05, 4.69) is 8.37 Å². The molecule has 22 heavy (non-hydrogen) atoms. The fourth-order valence-corrected chi connectivity index (χ4v) is 3.14. The van der Waals surface area contributed by atoms with Gasteiger partial charge in [0.25, 0.3) is 20.2 Å². The van der Waals surface area contributed by atoms with Gasteiger partial charge in [-0.2, -0.15) is 16.8 Å². The molecule has 2 aromatic carbocycles. The topological polar surface area (TPSA) is 86.7 Å². The second kappa shape index (κ2) is 6.17. The zero-order chi connectivity index (χ0) is 16.4. The third-order valence-corrected chi connectivity index (χ3v) is 5.63. The van der Waals surface area contributed by atoms with Gasteiger partial charge in [0.1, 0.15) is 0 Å². The summed E-state index contributed by atoms with van der Waals surface area (Å²) in [6.07, 6.45) is 0. The first-order chi connectivity index (χ1) is 10.3. The molecule has 0 radical (unpaired) electrons. The molecule has 0 bridgehead atoms. The number of hydrogen-bond donors (Lipinski definition) is 0. The predicted octanol–water partition coefficient (Wildman–Crippen LogP) is 2.02. The summed E-state index contributed by atoms with van der Waals surface area (Å²) in [6.45, 7) is 0. The van der Waals surface area contributed by atoms with Gasteiger partial charge in [-0.25, -0.2) is 0 Å². The Morgan fingerprint density at radius 3 is 1.09 bits per heavy atom. The van der Waals surface area contributed by atoms with E-state index in [0.717, 1.165) is 25.3 Å². The first kappa shape index (κ1) is 16.6. The SMILES string of the molecule is COS(=O)(=O)c1ccc(-c2ccc(S(=O)(=O)OC)cc2)cc1. The lowest BCUT2D eigenvalue weighted by Crippen LogP contribution is -2.02. The Morgan fingerprint density at radius 1 is 0.591 bits per heavy atom. The summed E-state index contributed by atoms with van der Waals surface area (Å²) in [7, 11) is -5.25. The van der Waals surface area contributed by atoms with Crippen LogP contribution in [0.25, 0.3) is 11.1 Å².